The van der Waals surface area contributed by atoms with E-state index in [2.05, 4.69) is 0 Å². The highest BCUT2D eigenvalue weighted by atomic mass is 16.6. The van der Waals surface area contributed by atoms with Crippen LogP contribution in [-0.4, -0.2) is 22.6 Å². The molecule has 0 radical (unpaired) electrons. The molecule has 0 amide bonds. The molecule has 130 valence electrons. The number of rotatable bonds is 4. The van der Waals surface area contributed by atoms with Crippen molar-refractivity contribution in [2.24, 2.45) is 5.41 Å². The molecule has 1 aliphatic rings. The Morgan fingerprint density at radius 3 is 2.60 bits per heavy atom. The molecule has 0 bridgehead atoms. The number of hydrogen-bond donors (Lipinski definition) is 1. The van der Waals surface area contributed by atoms with Gasteiger partial charge in [-0.1, -0.05) is 31.2 Å². The number of nitro groups is 1. The third-order valence-electron chi connectivity index (χ3n) is 4.84. The Hall–Kier alpha value is -2.73. The number of non-ortho nitro benzene ring substituents is 1. The van der Waals surface area contributed by atoms with Crippen LogP contribution in [0.25, 0.3) is 0 Å². The van der Waals surface area contributed by atoms with Gasteiger partial charge in [-0.3, -0.25) is 10.1 Å². The van der Waals surface area contributed by atoms with Crippen molar-refractivity contribution in [2.75, 3.05) is 6.61 Å². The zero-order valence-corrected chi connectivity index (χ0v) is 13.8. The number of carbonyl (C=O) groups excluding carboxylic acids is 1. The number of fused-ring (bicyclic) bond motifs is 1. The number of nitrogens with zero attached hydrogens (tertiary/aromatic N) is 1. The van der Waals surface area contributed by atoms with Crippen LogP contribution in [0.1, 0.15) is 40.9 Å². The van der Waals surface area contributed by atoms with Crippen LogP contribution in [0, 0.1) is 15.5 Å². The van der Waals surface area contributed by atoms with Crippen LogP contribution in [0.4, 0.5) is 5.69 Å². The van der Waals surface area contributed by atoms with E-state index in [1.807, 2.05) is 31.2 Å². The lowest BCUT2D eigenvalue weighted by atomic mass is 9.71. The molecule has 25 heavy (non-hydrogen) atoms. The average molecular weight is 341 g/mol. The number of hydrogen-bond acceptors (Lipinski definition) is 5. The van der Waals surface area contributed by atoms with Gasteiger partial charge >= 0.3 is 5.97 Å². The Kier molecular flexibility index (Phi) is 4.55. The van der Waals surface area contributed by atoms with Gasteiger partial charge in [-0.2, -0.15) is 0 Å². The van der Waals surface area contributed by atoms with Crippen molar-refractivity contribution < 1.29 is 19.6 Å². The predicted molar refractivity (Wildman–Crippen MR) is 91.2 cm³/mol. The molecule has 0 unspecified atom stereocenters. The van der Waals surface area contributed by atoms with Crippen LogP contribution in [0.2, 0.25) is 0 Å². The molecule has 6 nitrogen and oxygen atoms in total. The molecule has 0 spiro atoms. The Balaban J connectivity index is 1.88. The monoisotopic (exact) mass is 341 g/mol. The highest BCUT2D eigenvalue weighted by Gasteiger charge is 2.42. The molecule has 0 heterocycles. The minimum absolute atomic E-state index is 0.0836. The van der Waals surface area contributed by atoms with Gasteiger partial charge in [0, 0.05) is 17.5 Å². The van der Waals surface area contributed by atoms with E-state index in [0.717, 1.165) is 17.5 Å². The van der Waals surface area contributed by atoms with Gasteiger partial charge < -0.3 is 9.84 Å². The maximum atomic E-state index is 12.5. The third kappa shape index (κ3) is 3.25. The van der Waals surface area contributed by atoms with Crippen molar-refractivity contribution in [1.29, 1.82) is 0 Å². The maximum Gasteiger partial charge on any atom is 0.338 e. The summed E-state index contributed by atoms with van der Waals surface area (Å²) in [5.41, 5.74) is 1.61. The molecule has 0 saturated carbocycles. The van der Waals surface area contributed by atoms with Crippen molar-refractivity contribution >= 4 is 11.7 Å². The molecule has 6 heteroatoms. The number of aliphatic hydroxyl groups is 1. The van der Waals surface area contributed by atoms with Crippen molar-refractivity contribution in [3.63, 3.8) is 0 Å². The normalized spacial score (nSPS) is 22.1. The van der Waals surface area contributed by atoms with E-state index in [9.17, 15) is 20.0 Å². The zero-order valence-electron chi connectivity index (χ0n) is 13.8. The average Bonchev–Trinajstić information content (AvgIpc) is 2.64. The number of aryl methyl sites for hydroxylation is 1. The van der Waals surface area contributed by atoms with Gasteiger partial charge in [-0.05, 0) is 36.1 Å². The van der Waals surface area contributed by atoms with Gasteiger partial charge in [-0.15, -0.1) is 0 Å². The van der Waals surface area contributed by atoms with Gasteiger partial charge in [0.15, 0.2) is 0 Å². The van der Waals surface area contributed by atoms with Crippen LogP contribution in [0.3, 0.4) is 0 Å². The molecule has 3 rings (SSSR count). The van der Waals surface area contributed by atoms with Crippen molar-refractivity contribution in [2.45, 2.75) is 25.9 Å². The van der Waals surface area contributed by atoms with Gasteiger partial charge in [0.1, 0.15) is 6.10 Å². The first-order chi connectivity index (χ1) is 11.9. The molecule has 1 N–H and O–H groups in total. The molecule has 2 aromatic carbocycles. The third-order valence-corrected chi connectivity index (χ3v) is 4.84. The first kappa shape index (κ1) is 17.1. The Labute approximate surface area is 145 Å². The lowest BCUT2D eigenvalue weighted by Crippen LogP contribution is -2.37. The smallest absolute Gasteiger partial charge is 0.338 e. The summed E-state index contributed by atoms with van der Waals surface area (Å²) in [5.74, 6) is -0.559. The SMILES string of the molecule is C[C@]1(CO)CCc2ccccc2[C@@H]1OC(=O)c1ccc([N+](=O)[O-])cc1. The molecule has 0 aliphatic heterocycles. The van der Waals surface area contributed by atoms with Crippen LogP contribution in [0.5, 0.6) is 0 Å². The fourth-order valence-corrected chi connectivity index (χ4v) is 3.21. The lowest BCUT2D eigenvalue weighted by Gasteiger charge is -2.40. The molecule has 2 atom stereocenters. The molecular weight excluding hydrogens is 322 g/mol. The van der Waals surface area contributed by atoms with E-state index < -0.39 is 22.4 Å². The van der Waals surface area contributed by atoms with Gasteiger partial charge in [0.2, 0.25) is 0 Å². The quantitative estimate of drug-likeness (QED) is 0.523. The summed E-state index contributed by atoms with van der Waals surface area (Å²) in [4.78, 5) is 22.7. The number of ether oxygens (including phenoxy) is 1. The topological polar surface area (TPSA) is 89.7 Å². The van der Waals surface area contributed by atoms with Crippen LogP contribution >= 0.6 is 0 Å². The maximum absolute atomic E-state index is 12.5. The molecule has 0 aromatic heterocycles. The number of nitro benzene ring substituents is 1. The van der Waals surface area contributed by atoms with E-state index in [1.54, 1.807) is 0 Å². The van der Waals surface area contributed by atoms with E-state index in [1.165, 1.54) is 24.3 Å². The van der Waals surface area contributed by atoms with Crippen LogP contribution < -0.4 is 0 Å². The molecule has 0 fully saturated rings. The van der Waals surface area contributed by atoms with E-state index in [-0.39, 0.29) is 17.9 Å². The highest BCUT2D eigenvalue weighted by molar-refractivity contribution is 5.89. The van der Waals surface area contributed by atoms with Crippen molar-refractivity contribution in [3.8, 4) is 0 Å². The second-order valence-corrected chi connectivity index (χ2v) is 6.60. The van der Waals surface area contributed by atoms with E-state index >= 15 is 0 Å². The fourth-order valence-electron chi connectivity index (χ4n) is 3.21. The summed E-state index contributed by atoms with van der Waals surface area (Å²) in [6.07, 6.45) is 0.961. The Morgan fingerprint density at radius 2 is 1.96 bits per heavy atom. The summed E-state index contributed by atoms with van der Waals surface area (Å²) in [5, 5.41) is 20.6. The van der Waals surface area contributed by atoms with Crippen molar-refractivity contribution in [1.82, 2.24) is 0 Å². The van der Waals surface area contributed by atoms with E-state index in [4.69, 9.17) is 4.74 Å². The minimum atomic E-state index is -0.565. The second kappa shape index (κ2) is 6.64. The summed E-state index contributed by atoms with van der Waals surface area (Å²) in [6.45, 7) is 1.80. The number of carbonyl (C=O) groups is 1. The molecule has 0 saturated heterocycles. The van der Waals surface area contributed by atoms with Crippen LogP contribution in [-0.2, 0) is 11.2 Å². The van der Waals surface area contributed by atoms with Gasteiger partial charge in [0.05, 0.1) is 17.1 Å². The Morgan fingerprint density at radius 1 is 1.28 bits per heavy atom. The fraction of sp³-hybridized carbons (Fsp3) is 0.316. The first-order valence-electron chi connectivity index (χ1n) is 8.09. The molecule has 2 aromatic rings. The summed E-state index contributed by atoms with van der Waals surface area (Å²) >= 11 is 0. The summed E-state index contributed by atoms with van der Waals surface area (Å²) in [6, 6.07) is 13.0. The number of esters is 1. The molecular formula is C19H19NO5. The Bertz CT molecular complexity index is 802. The predicted octanol–water partition coefficient (Wildman–Crippen LogP) is 3.44. The standard InChI is InChI=1S/C19H19NO5/c1-19(12-21)11-10-13-4-2-3-5-16(13)17(19)25-18(22)14-6-8-15(9-7-14)20(23)24/h2-9,17,21H,10-12H2,1H3/t17-,19+/m0/s1. The van der Waals surface area contributed by atoms with Gasteiger partial charge in [-0.25, -0.2) is 4.79 Å². The zero-order chi connectivity index (χ0) is 18.0. The van der Waals surface area contributed by atoms with Crippen LogP contribution in [0.15, 0.2) is 48.5 Å². The number of benzene rings is 2. The summed E-state index contributed by atoms with van der Waals surface area (Å²) < 4.78 is 5.74. The van der Waals surface area contributed by atoms with E-state index in [0.29, 0.717) is 6.42 Å². The van der Waals surface area contributed by atoms with Gasteiger partial charge in [0.25, 0.3) is 5.69 Å². The summed E-state index contributed by atoms with van der Waals surface area (Å²) in [7, 11) is 0. The largest absolute Gasteiger partial charge is 0.453 e. The lowest BCUT2D eigenvalue weighted by molar-refractivity contribution is -0.384. The number of aliphatic hydroxyl groups excluding tert-OH is 1. The van der Waals surface area contributed by atoms with Crippen molar-refractivity contribution in [3.05, 3.63) is 75.3 Å². The highest BCUT2D eigenvalue weighted by Crippen LogP contribution is 2.46. The second-order valence-electron chi connectivity index (χ2n) is 6.60. The molecule has 1 aliphatic carbocycles. The first-order valence-corrected chi connectivity index (χ1v) is 8.09. The minimum Gasteiger partial charge on any atom is -0.453 e.